The highest BCUT2D eigenvalue weighted by Gasteiger charge is 2.29. The third kappa shape index (κ3) is 6.22. The summed E-state index contributed by atoms with van der Waals surface area (Å²) in [5, 5.41) is 6.39. The van der Waals surface area contributed by atoms with Crippen LogP contribution in [0, 0.1) is 0 Å². The summed E-state index contributed by atoms with van der Waals surface area (Å²) < 4.78 is 36.5. The molecule has 0 radical (unpaired) electrons. The number of halogens is 3. The van der Waals surface area contributed by atoms with E-state index in [1.165, 1.54) is 0 Å². The zero-order valence-electron chi connectivity index (χ0n) is 12.2. The highest BCUT2D eigenvalue weighted by molar-refractivity contribution is 5.78. The quantitative estimate of drug-likeness (QED) is 0.784. The molecule has 122 valence electrons. The summed E-state index contributed by atoms with van der Waals surface area (Å²) in [5.41, 5.74) is 0. The van der Waals surface area contributed by atoms with Crippen molar-refractivity contribution in [3.8, 4) is 0 Å². The van der Waals surface area contributed by atoms with Crippen LogP contribution in [-0.4, -0.2) is 55.2 Å². The van der Waals surface area contributed by atoms with Gasteiger partial charge in [0.2, 0.25) is 5.91 Å². The molecule has 2 saturated heterocycles. The number of rotatable bonds is 6. The largest absolute Gasteiger partial charge is 0.390 e. The fourth-order valence-corrected chi connectivity index (χ4v) is 3.00. The lowest BCUT2D eigenvalue weighted by Gasteiger charge is -2.32. The highest BCUT2D eigenvalue weighted by atomic mass is 19.4. The monoisotopic (exact) mass is 307 g/mol. The zero-order chi connectivity index (χ0) is 15.3. The first kappa shape index (κ1) is 16.5. The van der Waals surface area contributed by atoms with Crippen LogP contribution in [0.15, 0.2) is 0 Å². The van der Waals surface area contributed by atoms with Gasteiger partial charge in [0.25, 0.3) is 0 Å². The first-order valence-electron chi connectivity index (χ1n) is 7.74. The van der Waals surface area contributed by atoms with Gasteiger partial charge in [0, 0.05) is 25.0 Å². The van der Waals surface area contributed by atoms with Crippen molar-refractivity contribution >= 4 is 5.91 Å². The average molecular weight is 307 g/mol. The van der Waals surface area contributed by atoms with E-state index in [1.807, 2.05) is 4.90 Å². The molecule has 0 spiro atoms. The van der Waals surface area contributed by atoms with Crippen LogP contribution in [0.1, 0.15) is 38.5 Å². The Morgan fingerprint density at radius 3 is 2.52 bits per heavy atom. The molecule has 0 aromatic rings. The third-order valence-electron chi connectivity index (χ3n) is 4.31. The third-order valence-corrected chi connectivity index (χ3v) is 4.31. The van der Waals surface area contributed by atoms with E-state index < -0.39 is 12.6 Å². The lowest BCUT2D eigenvalue weighted by molar-refractivity contribution is -0.138. The molecular formula is C14H24F3N3O. The molecule has 2 aliphatic heterocycles. The molecule has 2 aliphatic rings. The maximum absolute atomic E-state index is 12.2. The molecule has 1 unspecified atom stereocenters. The number of carbonyl (C=O) groups excluding carboxylic acids is 1. The van der Waals surface area contributed by atoms with Crippen molar-refractivity contribution in [1.82, 2.24) is 15.5 Å². The van der Waals surface area contributed by atoms with Crippen molar-refractivity contribution in [2.75, 3.05) is 26.2 Å². The van der Waals surface area contributed by atoms with Crippen LogP contribution in [0.25, 0.3) is 0 Å². The molecule has 0 bridgehead atoms. The van der Waals surface area contributed by atoms with Gasteiger partial charge in [-0.2, -0.15) is 13.2 Å². The van der Waals surface area contributed by atoms with E-state index in [-0.39, 0.29) is 18.5 Å². The first-order valence-corrected chi connectivity index (χ1v) is 7.74. The molecular weight excluding hydrogens is 283 g/mol. The van der Waals surface area contributed by atoms with Crippen LogP contribution in [0.5, 0.6) is 0 Å². The number of alkyl halides is 3. The van der Waals surface area contributed by atoms with Gasteiger partial charge in [-0.05, 0) is 45.3 Å². The maximum Gasteiger partial charge on any atom is 0.390 e. The maximum atomic E-state index is 12.2. The van der Waals surface area contributed by atoms with E-state index in [0.29, 0.717) is 12.5 Å². The van der Waals surface area contributed by atoms with Crippen molar-refractivity contribution < 1.29 is 18.0 Å². The minimum Gasteiger partial charge on any atom is -0.353 e. The molecule has 7 heteroatoms. The first-order chi connectivity index (χ1) is 9.92. The van der Waals surface area contributed by atoms with Gasteiger partial charge in [-0.3, -0.25) is 4.79 Å². The molecule has 2 rings (SSSR count). The molecule has 0 aliphatic carbocycles. The molecule has 1 amide bonds. The topological polar surface area (TPSA) is 44.4 Å². The van der Waals surface area contributed by atoms with Gasteiger partial charge in [-0.1, -0.05) is 0 Å². The lowest BCUT2D eigenvalue weighted by atomic mass is 10.0. The van der Waals surface area contributed by atoms with Crippen LogP contribution in [0.2, 0.25) is 0 Å². The van der Waals surface area contributed by atoms with Gasteiger partial charge in [0.1, 0.15) is 0 Å². The number of hydrogen-bond donors (Lipinski definition) is 2. The van der Waals surface area contributed by atoms with Gasteiger partial charge in [-0.25, -0.2) is 0 Å². The Bertz CT molecular complexity index is 341. The van der Waals surface area contributed by atoms with E-state index in [9.17, 15) is 18.0 Å². The summed E-state index contributed by atoms with van der Waals surface area (Å²) in [7, 11) is 0. The van der Waals surface area contributed by atoms with Crippen LogP contribution >= 0.6 is 0 Å². The van der Waals surface area contributed by atoms with Gasteiger partial charge in [0.15, 0.2) is 0 Å². The normalized spacial score (nSPS) is 25.3. The molecule has 2 N–H and O–H groups in total. The zero-order valence-corrected chi connectivity index (χ0v) is 12.2. The number of nitrogens with zero attached hydrogens (tertiary/aromatic N) is 1. The van der Waals surface area contributed by atoms with Gasteiger partial charge >= 0.3 is 6.18 Å². The predicted molar refractivity (Wildman–Crippen MR) is 73.9 cm³/mol. The van der Waals surface area contributed by atoms with Crippen LogP contribution in [-0.2, 0) is 4.79 Å². The van der Waals surface area contributed by atoms with E-state index in [2.05, 4.69) is 10.6 Å². The van der Waals surface area contributed by atoms with E-state index >= 15 is 0 Å². The Hall–Kier alpha value is -0.820. The Balaban J connectivity index is 1.54. The SMILES string of the molecule is O=C1CCC(CCNC2CCN(CCC(F)(F)F)CC2)N1. The molecule has 4 nitrogen and oxygen atoms in total. The van der Waals surface area contributed by atoms with Crippen molar-refractivity contribution in [2.24, 2.45) is 0 Å². The van der Waals surface area contributed by atoms with Crippen LogP contribution in [0.4, 0.5) is 13.2 Å². The van der Waals surface area contributed by atoms with Crippen molar-refractivity contribution in [1.29, 1.82) is 0 Å². The fraction of sp³-hybridized carbons (Fsp3) is 0.929. The van der Waals surface area contributed by atoms with Crippen LogP contribution in [0.3, 0.4) is 0 Å². The lowest BCUT2D eigenvalue weighted by Crippen LogP contribution is -2.44. The number of piperidine rings is 1. The summed E-state index contributed by atoms with van der Waals surface area (Å²) in [4.78, 5) is 13.0. The summed E-state index contributed by atoms with van der Waals surface area (Å²) in [5.74, 6) is 0.137. The van der Waals surface area contributed by atoms with E-state index in [1.54, 1.807) is 0 Å². The van der Waals surface area contributed by atoms with Gasteiger partial charge < -0.3 is 15.5 Å². The average Bonchev–Trinajstić information content (AvgIpc) is 2.83. The van der Waals surface area contributed by atoms with Gasteiger partial charge in [0.05, 0.1) is 6.42 Å². The molecule has 21 heavy (non-hydrogen) atoms. The minimum atomic E-state index is -4.05. The van der Waals surface area contributed by atoms with Crippen LogP contribution < -0.4 is 10.6 Å². The predicted octanol–water partition coefficient (Wildman–Crippen LogP) is 1.66. The summed E-state index contributed by atoms with van der Waals surface area (Å²) in [6.07, 6.45) is -0.504. The number of carbonyl (C=O) groups is 1. The number of nitrogens with one attached hydrogen (secondary N) is 2. The molecule has 0 aromatic heterocycles. The second kappa shape index (κ2) is 7.45. The highest BCUT2D eigenvalue weighted by Crippen LogP contribution is 2.21. The van der Waals surface area contributed by atoms with E-state index in [4.69, 9.17) is 0 Å². The summed E-state index contributed by atoms with van der Waals surface area (Å²) in [6.45, 7) is 2.43. The Morgan fingerprint density at radius 2 is 1.95 bits per heavy atom. The molecule has 0 aromatic carbocycles. The Kier molecular flexibility index (Phi) is 5.87. The molecule has 1 atom stereocenters. The van der Waals surface area contributed by atoms with E-state index in [0.717, 1.165) is 45.3 Å². The number of likely N-dealkylation sites (tertiary alicyclic amines) is 1. The van der Waals surface area contributed by atoms with Crippen molar-refractivity contribution in [2.45, 2.75) is 56.8 Å². The fourth-order valence-electron chi connectivity index (χ4n) is 3.00. The molecule has 2 fully saturated rings. The summed E-state index contributed by atoms with van der Waals surface area (Å²) >= 11 is 0. The Labute approximate surface area is 123 Å². The number of hydrogen-bond acceptors (Lipinski definition) is 3. The minimum absolute atomic E-state index is 0.115. The summed E-state index contributed by atoms with van der Waals surface area (Å²) in [6, 6.07) is 0.682. The molecule has 2 heterocycles. The van der Waals surface area contributed by atoms with Crippen molar-refractivity contribution in [3.63, 3.8) is 0 Å². The number of amides is 1. The Morgan fingerprint density at radius 1 is 1.24 bits per heavy atom. The standard InChI is InChI=1S/C14H24F3N3O/c15-14(16,17)6-10-20-8-4-11(5-9-20)18-7-3-12-1-2-13(21)19-12/h11-12,18H,1-10H2,(H,19,21). The van der Waals surface area contributed by atoms with Gasteiger partial charge in [-0.15, -0.1) is 0 Å². The molecule has 0 saturated carbocycles. The second-order valence-electron chi connectivity index (χ2n) is 6.03. The second-order valence-corrected chi connectivity index (χ2v) is 6.03. The smallest absolute Gasteiger partial charge is 0.353 e. The van der Waals surface area contributed by atoms with Crippen molar-refractivity contribution in [3.05, 3.63) is 0 Å².